The third kappa shape index (κ3) is 6.43. The van der Waals surface area contributed by atoms with Crippen molar-refractivity contribution in [3.8, 4) is 11.6 Å². The molecule has 0 atom stereocenters. The van der Waals surface area contributed by atoms with E-state index in [0.29, 0.717) is 35.9 Å². The van der Waals surface area contributed by atoms with Crippen LogP contribution in [0.3, 0.4) is 0 Å². The maximum absolute atomic E-state index is 12.2. The van der Waals surface area contributed by atoms with Gasteiger partial charge in [0.15, 0.2) is 0 Å². The highest BCUT2D eigenvalue weighted by molar-refractivity contribution is 6.04. The summed E-state index contributed by atoms with van der Waals surface area (Å²) in [7, 11) is 0. The van der Waals surface area contributed by atoms with Gasteiger partial charge in [0.25, 0.3) is 5.91 Å². The summed E-state index contributed by atoms with van der Waals surface area (Å²) in [5, 5.41) is 11.3. The Balaban J connectivity index is 1.85. The third-order valence-electron chi connectivity index (χ3n) is 3.27. The Hall–Kier alpha value is -3.09. The largest absolute Gasteiger partial charge is 0.494 e. The lowest BCUT2D eigenvalue weighted by atomic mass is 10.2. The molecule has 1 aromatic heterocycles. The Bertz CT molecular complexity index is 727. The minimum Gasteiger partial charge on any atom is -0.494 e. The summed E-state index contributed by atoms with van der Waals surface area (Å²) in [6, 6.07) is 10.2. The molecule has 0 fully saturated rings. The summed E-state index contributed by atoms with van der Waals surface area (Å²) in [5.74, 6) is -0.0279. The molecule has 2 N–H and O–H groups in total. The van der Waals surface area contributed by atoms with E-state index in [2.05, 4.69) is 10.3 Å². The second-order valence-corrected chi connectivity index (χ2v) is 5.88. The standard InChI is InChI=1S/C19H22N2O5/c1-13(2)26-17-10-5-14(12-20-17)19(24)21-15-6-8-16(9-7-15)25-11-3-4-18(22)23/h5-10,12-13H,3-4,11H2,1-2H3,(H,21,24)(H,22,23). The smallest absolute Gasteiger partial charge is 0.303 e. The fraction of sp³-hybridized carbons (Fsp3) is 0.316. The summed E-state index contributed by atoms with van der Waals surface area (Å²) >= 11 is 0. The molecular formula is C19H22N2O5. The van der Waals surface area contributed by atoms with Crippen molar-refractivity contribution in [3.05, 3.63) is 48.2 Å². The van der Waals surface area contributed by atoms with Gasteiger partial charge in [-0.3, -0.25) is 9.59 Å². The molecule has 1 aromatic carbocycles. The Morgan fingerprint density at radius 2 is 1.88 bits per heavy atom. The van der Waals surface area contributed by atoms with E-state index in [-0.39, 0.29) is 18.4 Å². The van der Waals surface area contributed by atoms with E-state index < -0.39 is 5.97 Å². The molecule has 0 aliphatic heterocycles. The summed E-state index contributed by atoms with van der Waals surface area (Å²) < 4.78 is 10.9. The van der Waals surface area contributed by atoms with E-state index >= 15 is 0 Å². The second-order valence-electron chi connectivity index (χ2n) is 5.88. The molecule has 138 valence electrons. The molecule has 7 heteroatoms. The van der Waals surface area contributed by atoms with Gasteiger partial charge >= 0.3 is 5.97 Å². The highest BCUT2D eigenvalue weighted by atomic mass is 16.5. The van der Waals surface area contributed by atoms with Gasteiger partial charge in [0.05, 0.1) is 18.3 Å². The first-order chi connectivity index (χ1) is 12.4. The van der Waals surface area contributed by atoms with Gasteiger partial charge in [-0.15, -0.1) is 0 Å². The molecule has 0 radical (unpaired) electrons. The molecular weight excluding hydrogens is 336 g/mol. The topological polar surface area (TPSA) is 97.8 Å². The number of carbonyl (C=O) groups excluding carboxylic acids is 1. The van der Waals surface area contributed by atoms with Crippen LogP contribution >= 0.6 is 0 Å². The summed E-state index contributed by atoms with van der Waals surface area (Å²) in [4.78, 5) is 26.8. The average Bonchev–Trinajstić information content (AvgIpc) is 2.60. The first-order valence-corrected chi connectivity index (χ1v) is 8.33. The van der Waals surface area contributed by atoms with Gasteiger partial charge in [-0.25, -0.2) is 4.98 Å². The number of carbonyl (C=O) groups is 2. The van der Waals surface area contributed by atoms with Crippen molar-refractivity contribution < 1.29 is 24.2 Å². The fourth-order valence-corrected chi connectivity index (χ4v) is 2.08. The number of amides is 1. The molecule has 0 bridgehead atoms. The van der Waals surface area contributed by atoms with Crippen LogP contribution in [0, 0.1) is 0 Å². The zero-order valence-electron chi connectivity index (χ0n) is 14.8. The van der Waals surface area contributed by atoms with E-state index in [1.807, 2.05) is 13.8 Å². The van der Waals surface area contributed by atoms with Crippen LogP contribution in [0.2, 0.25) is 0 Å². The van der Waals surface area contributed by atoms with Gasteiger partial charge in [0.2, 0.25) is 5.88 Å². The Kier molecular flexibility index (Phi) is 6.96. The lowest BCUT2D eigenvalue weighted by Crippen LogP contribution is -2.13. The molecule has 0 saturated carbocycles. The molecule has 2 aromatic rings. The van der Waals surface area contributed by atoms with Crippen LogP contribution in [0.4, 0.5) is 5.69 Å². The molecule has 2 rings (SSSR count). The molecule has 1 heterocycles. The zero-order valence-corrected chi connectivity index (χ0v) is 14.8. The molecule has 0 spiro atoms. The number of nitrogens with one attached hydrogen (secondary N) is 1. The van der Waals surface area contributed by atoms with Gasteiger partial charge in [-0.05, 0) is 50.6 Å². The first-order valence-electron chi connectivity index (χ1n) is 8.33. The Morgan fingerprint density at radius 1 is 1.15 bits per heavy atom. The monoisotopic (exact) mass is 358 g/mol. The van der Waals surface area contributed by atoms with E-state index in [1.165, 1.54) is 6.20 Å². The molecule has 1 amide bonds. The van der Waals surface area contributed by atoms with Gasteiger partial charge in [-0.2, -0.15) is 0 Å². The van der Waals surface area contributed by atoms with Crippen molar-refractivity contribution in [1.82, 2.24) is 4.98 Å². The quantitative estimate of drug-likeness (QED) is 0.667. The number of nitrogens with zero attached hydrogens (tertiary/aromatic N) is 1. The maximum Gasteiger partial charge on any atom is 0.303 e. The van der Waals surface area contributed by atoms with Crippen LogP contribution in [0.1, 0.15) is 37.0 Å². The zero-order chi connectivity index (χ0) is 18.9. The summed E-state index contributed by atoms with van der Waals surface area (Å²) in [6.07, 6.45) is 2.00. The SMILES string of the molecule is CC(C)Oc1ccc(C(=O)Nc2ccc(OCCCC(=O)O)cc2)cn1. The van der Waals surface area contributed by atoms with Crippen LogP contribution in [0.25, 0.3) is 0 Å². The molecule has 26 heavy (non-hydrogen) atoms. The number of anilines is 1. The van der Waals surface area contributed by atoms with Crippen molar-refractivity contribution in [2.45, 2.75) is 32.8 Å². The third-order valence-corrected chi connectivity index (χ3v) is 3.27. The van der Waals surface area contributed by atoms with E-state index in [0.717, 1.165) is 0 Å². The predicted molar refractivity (Wildman–Crippen MR) is 96.8 cm³/mol. The number of hydrogen-bond donors (Lipinski definition) is 2. The number of aromatic nitrogens is 1. The van der Waals surface area contributed by atoms with Gasteiger partial charge in [0, 0.05) is 24.4 Å². The molecule has 0 unspecified atom stereocenters. The van der Waals surface area contributed by atoms with E-state index in [1.54, 1.807) is 36.4 Å². The normalized spacial score (nSPS) is 10.4. The summed E-state index contributed by atoms with van der Waals surface area (Å²) in [5.41, 5.74) is 1.05. The van der Waals surface area contributed by atoms with Crippen LogP contribution in [-0.2, 0) is 4.79 Å². The highest BCUT2D eigenvalue weighted by Gasteiger charge is 2.08. The molecule has 0 aliphatic rings. The Morgan fingerprint density at radius 3 is 2.46 bits per heavy atom. The van der Waals surface area contributed by atoms with Gasteiger partial charge in [0.1, 0.15) is 5.75 Å². The van der Waals surface area contributed by atoms with Crippen LogP contribution < -0.4 is 14.8 Å². The second kappa shape index (κ2) is 9.41. The van der Waals surface area contributed by atoms with Gasteiger partial charge in [-0.1, -0.05) is 0 Å². The highest BCUT2D eigenvalue weighted by Crippen LogP contribution is 2.17. The number of ether oxygens (including phenoxy) is 2. The first kappa shape index (κ1) is 19.2. The van der Waals surface area contributed by atoms with Crippen molar-refractivity contribution in [2.75, 3.05) is 11.9 Å². The van der Waals surface area contributed by atoms with Crippen molar-refractivity contribution >= 4 is 17.6 Å². The van der Waals surface area contributed by atoms with Crippen molar-refractivity contribution in [1.29, 1.82) is 0 Å². The number of benzene rings is 1. The van der Waals surface area contributed by atoms with Crippen LogP contribution in [-0.4, -0.2) is 34.7 Å². The van der Waals surface area contributed by atoms with Crippen molar-refractivity contribution in [2.24, 2.45) is 0 Å². The average molecular weight is 358 g/mol. The van der Waals surface area contributed by atoms with Crippen molar-refractivity contribution in [3.63, 3.8) is 0 Å². The Labute approximate surface area is 152 Å². The number of pyridine rings is 1. The minimum absolute atomic E-state index is 0.0204. The lowest BCUT2D eigenvalue weighted by molar-refractivity contribution is -0.137. The number of aliphatic carboxylic acids is 1. The fourth-order valence-electron chi connectivity index (χ4n) is 2.08. The predicted octanol–water partition coefficient (Wildman–Crippen LogP) is 3.36. The van der Waals surface area contributed by atoms with E-state index in [4.69, 9.17) is 14.6 Å². The van der Waals surface area contributed by atoms with Gasteiger partial charge < -0.3 is 19.9 Å². The molecule has 0 saturated heterocycles. The number of carboxylic acid groups (broad SMARTS) is 1. The number of rotatable bonds is 9. The molecule has 7 nitrogen and oxygen atoms in total. The van der Waals surface area contributed by atoms with Crippen LogP contribution in [0.5, 0.6) is 11.6 Å². The lowest BCUT2D eigenvalue weighted by Gasteiger charge is -2.10. The maximum atomic E-state index is 12.2. The van der Waals surface area contributed by atoms with E-state index in [9.17, 15) is 9.59 Å². The molecule has 0 aliphatic carbocycles. The number of hydrogen-bond acceptors (Lipinski definition) is 5. The minimum atomic E-state index is -0.843. The summed E-state index contributed by atoms with van der Waals surface area (Å²) in [6.45, 7) is 4.14. The van der Waals surface area contributed by atoms with Crippen LogP contribution in [0.15, 0.2) is 42.6 Å². The number of carboxylic acids is 1.